The average Bonchev–Trinajstić information content (AvgIpc) is 2.13. The standard InChI is InChI=1S/C6H11BrN2O4/c7-4(3-6(11)9-13)1-2-5(10)8-12/h4,12-13H,1-3H2,(H,8,10)(H,9,11). The first kappa shape index (κ1) is 12.3. The van der Waals surface area contributed by atoms with Gasteiger partial charge in [0.05, 0.1) is 0 Å². The Morgan fingerprint density at radius 1 is 1.23 bits per heavy atom. The molecule has 0 heterocycles. The molecule has 7 heteroatoms. The molecule has 0 aliphatic carbocycles. The van der Waals surface area contributed by atoms with Crippen molar-refractivity contribution in [3.8, 4) is 0 Å². The summed E-state index contributed by atoms with van der Waals surface area (Å²) in [7, 11) is 0. The van der Waals surface area contributed by atoms with Gasteiger partial charge in [-0.05, 0) is 6.42 Å². The van der Waals surface area contributed by atoms with E-state index in [1.807, 2.05) is 0 Å². The van der Waals surface area contributed by atoms with Gasteiger partial charge in [-0.2, -0.15) is 0 Å². The summed E-state index contributed by atoms with van der Waals surface area (Å²) in [4.78, 5) is 20.9. The lowest BCUT2D eigenvalue weighted by molar-refractivity contribution is -0.130. The minimum atomic E-state index is -0.522. The zero-order valence-corrected chi connectivity index (χ0v) is 8.37. The van der Waals surface area contributed by atoms with Gasteiger partial charge in [-0.15, -0.1) is 0 Å². The van der Waals surface area contributed by atoms with Crippen LogP contribution in [0.25, 0.3) is 0 Å². The summed E-state index contributed by atoms with van der Waals surface area (Å²) in [5.74, 6) is -1.03. The van der Waals surface area contributed by atoms with Gasteiger partial charge < -0.3 is 0 Å². The summed E-state index contributed by atoms with van der Waals surface area (Å²) in [5, 5.41) is 16.3. The van der Waals surface area contributed by atoms with Gasteiger partial charge in [-0.25, -0.2) is 11.0 Å². The number of hydrogen-bond acceptors (Lipinski definition) is 4. The molecule has 0 aromatic carbocycles. The number of hydrogen-bond donors (Lipinski definition) is 4. The van der Waals surface area contributed by atoms with Crippen molar-refractivity contribution in [1.82, 2.24) is 11.0 Å². The summed E-state index contributed by atoms with van der Waals surface area (Å²) in [5.41, 5.74) is 2.96. The number of halogens is 1. The Kier molecular flexibility index (Phi) is 6.47. The Labute approximate surface area is 83.4 Å². The van der Waals surface area contributed by atoms with E-state index in [9.17, 15) is 9.59 Å². The van der Waals surface area contributed by atoms with E-state index in [0.29, 0.717) is 6.42 Å². The molecule has 6 nitrogen and oxygen atoms in total. The predicted octanol–water partition coefficient (Wildman–Crippen LogP) is -0.0690. The molecule has 0 radical (unpaired) electrons. The Balaban J connectivity index is 3.56. The van der Waals surface area contributed by atoms with Crippen LogP contribution in [-0.2, 0) is 9.59 Å². The van der Waals surface area contributed by atoms with E-state index in [1.54, 1.807) is 0 Å². The lowest BCUT2D eigenvalue weighted by atomic mass is 10.2. The van der Waals surface area contributed by atoms with Crippen LogP contribution in [0.5, 0.6) is 0 Å². The molecular weight excluding hydrogens is 244 g/mol. The number of rotatable bonds is 5. The SMILES string of the molecule is O=C(CCC(Br)CC(=O)NO)NO. The number of alkyl halides is 1. The minimum Gasteiger partial charge on any atom is -0.289 e. The Morgan fingerprint density at radius 2 is 1.77 bits per heavy atom. The maximum Gasteiger partial charge on any atom is 0.244 e. The van der Waals surface area contributed by atoms with Crippen molar-refractivity contribution in [2.45, 2.75) is 24.1 Å². The van der Waals surface area contributed by atoms with Gasteiger partial charge in [0.15, 0.2) is 0 Å². The highest BCUT2D eigenvalue weighted by atomic mass is 79.9. The zero-order chi connectivity index (χ0) is 10.3. The molecule has 13 heavy (non-hydrogen) atoms. The lowest BCUT2D eigenvalue weighted by Gasteiger charge is -2.06. The van der Waals surface area contributed by atoms with Crippen LogP contribution in [0.4, 0.5) is 0 Å². The molecule has 0 rings (SSSR count). The van der Waals surface area contributed by atoms with Crippen molar-refractivity contribution in [3.63, 3.8) is 0 Å². The fourth-order valence-corrected chi connectivity index (χ4v) is 1.22. The second kappa shape index (κ2) is 6.81. The first-order valence-corrected chi connectivity index (χ1v) is 4.51. The van der Waals surface area contributed by atoms with E-state index in [-0.39, 0.29) is 17.7 Å². The first-order chi connectivity index (χ1) is 6.10. The highest BCUT2D eigenvalue weighted by Crippen LogP contribution is 2.11. The molecule has 0 aliphatic rings. The number of carbonyl (C=O) groups excluding carboxylic acids is 2. The van der Waals surface area contributed by atoms with Crippen LogP contribution in [0.15, 0.2) is 0 Å². The quantitative estimate of drug-likeness (QED) is 0.314. The third-order valence-corrected chi connectivity index (χ3v) is 2.12. The maximum absolute atomic E-state index is 10.6. The van der Waals surface area contributed by atoms with Gasteiger partial charge in [0.2, 0.25) is 11.8 Å². The van der Waals surface area contributed by atoms with E-state index in [0.717, 1.165) is 0 Å². The van der Waals surface area contributed by atoms with Gasteiger partial charge in [-0.3, -0.25) is 20.0 Å². The van der Waals surface area contributed by atoms with Gasteiger partial charge in [0.25, 0.3) is 0 Å². The molecule has 0 spiro atoms. The molecule has 0 aromatic rings. The molecule has 0 saturated heterocycles. The van der Waals surface area contributed by atoms with E-state index < -0.39 is 11.8 Å². The van der Waals surface area contributed by atoms with Crippen LogP contribution in [-0.4, -0.2) is 27.1 Å². The highest BCUT2D eigenvalue weighted by Gasteiger charge is 2.11. The maximum atomic E-state index is 10.6. The molecular formula is C6H11BrN2O4. The van der Waals surface area contributed by atoms with Crippen molar-refractivity contribution in [2.75, 3.05) is 0 Å². The summed E-state index contributed by atoms with van der Waals surface area (Å²) in [6.45, 7) is 0. The fourth-order valence-electron chi connectivity index (χ4n) is 0.692. The van der Waals surface area contributed by atoms with Crippen molar-refractivity contribution in [3.05, 3.63) is 0 Å². The Hall–Kier alpha value is -0.660. The van der Waals surface area contributed by atoms with Gasteiger partial charge in [-0.1, -0.05) is 15.9 Å². The Morgan fingerprint density at radius 3 is 2.23 bits per heavy atom. The molecule has 1 unspecified atom stereocenters. The monoisotopic (exact) mass is 254 g/mol. The van der Waals surface area contributed by atoms with Crippen molar-refractivity contribution >= 4 is 27.7 Å². The van der Waals surface area contributed by atoms with Crippen LogP contribution in [0.1, 0.15) is 19.3 Å². The average molecular weight is 255 g/mol. The third kappa shape index (κ3) is 6.50. The van der Waals surface area contributed by atoms with E-state index >= 15 is 0 Å². The minimum absolute atomic E-state index is 0.0786. The second-order valence-corrected chi connectivity index (χ2v) is 3.71. The third-order valence-electron chi connectivity index (χ3n) is 1.34. The zero-order valence-electron chi connectivity index (χ0n) is 6.79. The smallest absolute Gasteiger partial charge is 0.244 e. The van der Waals surface area contributed by atoms with E-state index in [1.165, 1.54) is 11.0 Å². The fraction of sp³-hybridized carbons (Fsp3) is 0.667. The number of hydroxylamine groups is 2. The predicted molar refractivity (Wildman–Crippen MR) is 46.4 cm³/mol. The van der Waals surface area contributed by atoms with E-state index in [4.69, 9.17) is 10.4 Å². The van der Waals surface area contributed by atoms with Gasteiger partial charge >= 0.3 is 0 Å². The molecule has 0 bridgehead atoms. The lowest BCUT2D eigenvalue weighted by Crippen LogP contribution is -2.24. The normalized spacial score (nSPS) is 11.9. The summed E-state index contributed by atoms with van der Waals surface area (Å²) >= 11 is 3.14. The molecule has 0 saturated carbocycles. The molecule has 0 aliphatic heterocycles. The van der Waals surface area contributed by atoms with Crippen molar-refractivity contribution < 1.29 is 20.0 Å². The molecule has 0 aromatic heterocycles. The Bertz CT molecular complexity index is 187. The van der Waals surface area contributed by atoms with Crippen molar-refractivity contribution in [2.24, 2.45) is 0 Å². The second-order valence-electron chi connectivity index (χ2n) is 2.41. The topological polar surface area (TPSA) is 98.7 Å². The van der Waals surface area contributed by atoms with Gasteiger partial charge in [0, 0.05) is 17.7 Å². The summed E-state index contributed by atoms with van der Waals surface area (Å²) in [6, 6.07) is 0. The van der Waals surface area contributed by atoms with Crippen LogP contribution in [0, 0.1) is 0 Å². The number of carbonyl (C=O) groups is 2. The van der Waals surface area contributed by atoms with Crippen LogP contribution < -0.4 is 11.0 Å². The molecule has 0 fully saturated rings. The molecule has 2 amide bonds. The first-order valence-electron chi connectivity index (χ1n) is 3.60. The van der Waals surface area contributed by atoms with Crippen LogP contribution >= 0.6 is 15.9 Å². The molecule has 4 N–H and O–H groups in total. The number of amides is 2. The van der Waals surface area contributed by atoms with Crippen molar-refractivity contribution in [1.29, 1.82) is 0 Å². The highest BCUT2D eigenvalue weighted by molar-refractivity contribution is 9.09. The summed E-state index contributed by atoms with van der Waals surface area (Å²) < 4.78 is 0. The summed E-state index contributed by atoms with van der Waals surface area (Å²) in [6.07, 6.45) is 0.597. The number of nitrogens with one attached hydrogen (secondary N) is 2. The van der Waals surface area contributed by atoms with E-state index in [2.05, 4.69) is 15.9 Å². The van der Waals surface area contributed by atoms with Gasteiger partial charge in [0.1, 0.15) is 0 Å². The largest absolute Gasteiger partial charge is 0.289 e. The molecule has 1 atom stereocenters. The van der Waals surface area contributed by atoms with Crippen LogP contribution in [0.2, 0.25) is 0 Å². The van der Waals surface area contributed by atoms with Crippen LogP contribution in [0.3, 0.4) is 0 Å². The molecule has 76 valence electrons.